The van der Waals surface area contributed by atoms with Gasteiger partial charge < -0.3 is 0 Å². The van der Waals surface area contributed by atoms with Crippen molar-refractivity contribution in [3.05, 3.63) is 24.3 Å². The van der Waals surface area contributed by atoms with Crippen LogP contribution in [0.2, 0.25) is 0 Å². The van der Waals surface area contributed by atoms with E-state index in [1.165, 1.54) is 12.4 Å². The van der Waals surface area contributed by atoms with Gasteiger partial charge in [-0.15, -0.1) is 0 Å². The van der Waals surface area contributed by atoms with Gasteiger partial charge in [-0.25, -0.2) is 4.98 Å². The van der Waals surface area contributed by atoms with Crippen LogP contribution in [0.15, 0.2) is 18.6 Å². The smallest absolute Gasteiger partial charge is 0.292 e. The number of carbonyl (C=O) groups is 1. The molecule has 0 atom stereocenters. The third kappa shape index (κ3) is 3.51. The van der Waals surface area contributed by atoms with E-state index in [1.54, 1.807) is 0 Å². The van der Waals surface area contributed by atoms with Gasteiger partial charge in [-0.1, -0.05) is 0 Å². The molecule has 0 amide bonds. The standard InChI is InChI=1S/C8H7F3N2O/c9-8(10,11)2-1-7(14)6-5-12-3-4-13-6/h3-5H,1-2H2. The fourth-order valence-electron chi connectivity index (χ4n) is 0.826. The highest BCUT2D eigenvalue weighted by Gasteiger charge is 2.28. The average molecular weight is 204 g/mol. The third-order valence-electron chi connectivity index (χ3n) is 1.48. The fourth-order valence-corrected chi connectivity index (χ4v) is 0.826. The van der Waals surface area contributed by atoms with Crippen LogP contribution in [-0.2, 0) is 0 Å². The molecular formula is C8H7F3N2O. The summed E-state index contributed by atoms with van der Waals surface area (Å²) < 4.78 is 35.2. The SMILES string of the molecule is O=C(CCC(F)(F)F)c1cnccn1. The average Bonchev–Trinajstić information content (AvgIpc) is 2.14. The molecule has 0 unspecified atom stereocenters. The van der Waals surface area contributed by atoms with E-state index in [0.717, 1.165) is 6.20 Å². The summed E-state index contributed by atoms with van der Waals surface area (Å²) in [6, 6.07) is 0. The van der Waals surface area contributed by atoms with Crippen molar-refractivity contribution in [2.24, 2.45) is 0 Å². The molecule has 0 bridgehead atoms. The van der Waals surface area contributed by atoms with Crippen LogP contribution in [0.4, 0.5) is 13.2 Å². The molecule has 3 nitrogen and oxygen atoms in total. The number of hydrogen-bond donors (Lipinski definition) is 0. The van der Waals surface area contributed by atoms with Crippen molar-refractivity contribution in [1.29, 1.82) is 0 Å². The summed E-state index contributed by atoms with van der Waals surface area (Å²) in [6.07, 6.45) is -2.25. The first-order valence-corrected chi connectivity index (χ1v) is 3.85. The molecule has 1 aromatic heterocycles. The Morgan fingerprint density at radius 2 is 2.07 bits per heavy atom. The second-order valence-electron chi connectivity index (χ2n) is 2.63. The topological polar surface area (TPSA) is 42.9 Å². The number of hydrogen-bond acceptors (Lipinski definition) is 3. The zero-order chi connectivity index (χ0) is 10.6. The Kier molecular flexibility index (Phi) is 3.16. The third-order valence-corrected chi connectivity index (χ3v) is 1.48. The van der Waals surface area contributed by atoms with Gasteiger partial charge in [0.2, 0.25) is 0 Å². The summed E-state index contributed by atoms with van der Waals surface area (Å²) >= 11 is 0. The van der Waals surface area contributed by atoms with Crippen LogP contribution in [0.25, 0.3) is 0 Å². The lowest BCUT2D eigenvalue weighted by Crippen LogP contribution is -2.11. The van der Waals surface area contributed by atoms with Gasteiger partial charge in [-0.2, -0.15) is 13.2 Å². The molecule has 76 valence electrons. The van der Waals surface area contributed by atoms with Gasteiger partial charge in [0.05, 0.1) is 12.6 Å². The largest absolute Gasteiger partial charge is 0.389 e. The van der Waals surface area contributed by atoms with Gasteiger partial charge in [0.15, 0.2) is 5.78 Å². The molecule has 0 aliphatic rings. The van der Waals surface area contributed by atoms with Crippen molar-refractivity contribution in [2.75, 3.05) is 0 Å². The maximum absolute atomic E-state index is 11.7. The van der Waals surface area contributed by atoms with Crippen LogP contribution in [0.3, 0.4) is 0 Å². The van der Waals surface area contributed by atoms with Crippen LogP contribution < -0.4 is 0 Å². The maximum atomic E-state index is 11.7. The van der Waals surface area contributed by atoms with Crippen LogP contribution >= 0.6 is 0 Å². The van der Waals surface area contributed by atoms with Gasteiger partial charge in [-0.3, -0.25) is 9.78 Å². The van der Waals surface area contributed by atoms with Crippen molar-refractivity contribution >= 4 is 5.78 Å². The molecule has 0 aliphatic heterocycles. The van der Waals surface area contributed by atoms with Crippen molar-refractivity contribution < 1.29 is 18.0 Å². The second-order valence-corrected chi connectivity index (χ2v) is 2.63. The van der Waals surface area contributed by atoms with Gasteiger partial charge in [0, 0.05) is 18.8 Å². The maximum Gasteiger partial charge on any atom is 0.389 e. The highest BCUT2D eigenvalue weighted by molar-refractivity contribution is 5.93. The first kappa shape index (κ1) is 10.6. The molecule has 0 N–H and O–H groups in total. The Balaban J connectivity index is 2.52. The van der Waals surface area contributed by atoms with Crippen molar-refractivity contribution in [3.8, 4) is 0 Å². The van der Waals surface area contributed by atoms with E-state index < -0.39 is 24.8 Å². The van der Waals surface area contributed by atoms with E-state index in [2.05, 4.69) is 9.97 Å². The summed E-state index contributed by atoms with van der Waals surface area (Å²) in [4.78, 5) is 18.3. The normalized spacial score (nSPS) is 11.4. The van der Waals surface area contributed by atoms with E-state index in [1.807, 2.05) is 0 Å². The highest BCUT2D eigenvalue weighted by atomic mass is 19.4. The lowest BCUT2D eigenvalue weighted by Gasteiger charge is -2.04. The number of ketones is 1. The van der Waals surface area contributed by atoms with Crippen LogP contribution in [0, 0.1) is 0 Å². The number of halogens is 3. The van der Waals surface area contributed by atoms with E-state index in [9.17, 15) is 18.0 Å². The van der Waals surface area contributed by atoms with Crippen molar-refractivity contribution in [3.63, 3.8) is 0 Å². The van der Waals surface area contributed by atoms with Gasteiger partial charge in [0.1, 0.15) is 5.69 Å². The van der Waals surface area contributed by atoms with E-state index in [0.29, 0.717) is 0 Å². The Morgan fingerprint density at radius 1 is 1.36 bits per heavy atom. The second kappa shape index (κ2) is 4.17. The molecule has 0 aliphatic carbocycles. The molecule has 0 spiro atoms. The van der Waals surface area contributed by atoms with Crippen molar-refractivity contribution in [1.82, 2.24) is 9.97 Å². The van der Waals surface area contributed by atoms with Crippen LogP contribution in [0.5, 0.6) is 0 Å². The molecule has 1 heterocycles. The van der Waals surface area contributed by atoms with Crippen molar-refractivity contribution in [2.45, 2.75) is 19.0 Å². The Labute approximate surface area is 78.0 Å². The Bertz CT molecular complexity index is 310. The van der Waals surface area contributed by atoms with E-state index >= 15 is 0 Å². The molecule has 0 radical (unpaired) electrons. The molecule has 0 saturated carbocycles. The number of alkyl halides is 3. The lowest BCUT2D eigenvalue weighted by atomic mass is 10.2. The zero-order valence-electron chi connectivity index (χ0n) is 7.08. The predicted molar refractivity (Wildman–Crippen MR) is 41.7 cm³/mol. The summed E-state index contributed by atoms with van der Waals surface area (Å²) in [5, 5.41) is 0. The highest BCUT2D eigenvalue weighted by Crippen LogP contribution is 2.22. The van der Waals surface area contributed by atoms with E-state index in [4.69, 9.17) is 0 Å². The quantitative estimate of drug-likeness (QED) is 0.707. The number of carbonyl (C=O) groups excluding carboxylic acids is 1. The van der Waals surface area contributed by atoms with Gasteiger partial charge in [0.25, 0.3) is 0 Å². The van der Waals surface area contributed by atoms with Gasteiger partial charge >= 0.3 is 6.18 Å². The molecule has 14 heavy (non-hydrogen) atoms. The minimum atomic E-state index is -4.31. The summed E-state index contributed by atoms with van der Waals surface area (Å²) in [7, 11) is 0. The fraction of sp³-hybridized carbons (Fsp3) is 0.375. The predicted octanol–water partition coefficient (Wildman–Crippen LogP) is 2.00. The first-order chi connectivity index (χ1) is 6.49. The number of nitrogens with zero attached hydrogens (tertiary/aromatic N) is 2. The molecule has 1 rings (SSSR count). The summed E-state index contributed by atoms with van der Waals surface area (Å²) in [6.45, 7) is 0. The van der Waals surface area contributed by atoms with Gasteiger partial charge in [-0.05, 0) is 0 Å². The van der Waals surface area contributed by atoms with Crippen LogP contribution in [-0.4, -0.2) is 21.9 Å². The minimum absolute atomic E-state index is 0.0308. The summed E-state index contributed by atoms with van der Waals surface area (Å²) in [5.74, 6) is -0.643. The monoisotopic (exact) mass is 204 g/mol. The number of Topliss-reactive ketones (excluding diaryl/α,β-unsaturated/α-hetero) is 1. The number of aromatic nitrogens is 2. The van der Waals surface area contributed by atoms with E-state index in [-0.39, 0.29) is 5.69 Å². The lowest BCUT2D eigenvalue weighted by molar-refractivity contribution is -0.133. The Hall–Kier alpha value is -1.46. The Morgan fingerprint density at radius 3 is 2.57 bits per heavy atom. The zero-order valence-corrected chi connectivity index (χ0v) is 7.08. The molecule has 0 aromatic carbocycles. The first-order valence-electron chi connectivity index (χ1n) is 3.85. The molecule has 0 saturated heterocycles. The minimum Gasteiger partial charge on any atom is -0.292 e. The molecular weight excluding hydrogens is 197 g/mol. The molecule has 1 aromatic rings. The molecule has 0 fully saturated rings. The number of rotatable bonds is 3. The van der Waals surface area contributed by atoms with Crippen LogP contribution in [0.1, 0.15) is 23.3 Å². The summed E-state index contributed by atoms with van der Waals surface area (Å²) in [5.41, 5.74) is -0.0308. The molecule has 6 heteroatoms.